The van der Waals surface area contributed by atoms with Crippen LogP contribution < -0.4 is 10.9 Å². The average Bonchev–Trinajstić information content (AvgIpc) is 2.80. The summed E-state index contributed by atoms with van der Waals surface area (Å²) < 4.78 is 75.4. The van der Waals surface area contributed by atoms with Crippen LogP contribution in [-0.2, 0) is 28.9 Å². The number of hydrogen-bond donors (Lipinski definition) is 2. The Balaban J connectivity index is 1.44. The van der Waals surface area contributed by atoms with Crippen LogP contribution in [0.3, 0.4) is 0 Å². The van der Waals surface area contributed by atoms with E-state index >= 15 is 4.39 Å². The Kier molecular flexibility index (Phi) is 7.65. The Bertz CT molecular complexity index is 1390. The number of H-pyrrole nitrogens is 1. The van der Waals surface area contributed by atoms with Gasteiger partial charge in [0.25, 0.3) is 5.56 Å². The molecule has 4 rings (SSSR count). The summed E-state index contributed by atoms with van der Waals surface area (Å²) in [4.78, 5) is 29.7. The van der Waals surface area contributed by atoms with Crippen molar-refractivity contribution < 1.29 is 31.5 Å². The summed E-state index contributed by atoms with van der Waals surface area (Å²) in [5.74, 6) is -4.18. The molecule has 6 nitrogen and oxygen atoms in total. The molecule has 1 aliphatic rings. The molecule has 1 amide bonds. The molecule has 1 aliphatic carbocycles. The minimum Gasteiger partial charge on any atom is -0.373 e. The zero-order valence-corrected chi connectivity index (χ0v) is 20.1. The second-order valence-corrected chi connectivity index (χ2v) is 9.09. The molecule has 0 bridgehead atoms. The summed E-state index contributed by atoms with van der Waals surface area (Å²) in [6, 6.07) is 8.73. The molecule has 3 aromatic rings. The van der Waals surface area contributed by atoms with E-state index in [9.17, 15) is 27.2 Å². The van der Waals surface area contributed by atoms with Crippen molar-refractivity contribution in [2.75, 3.05) is 0 Å². The maximum atomic E-state index is 15.3. The van der Waals surface area contributed by atoms with E-state index in [4.69, 9.17) is 16.3 Å². The first-order chi connectivity index (χ1) is 17.5. The predicted molar refractivity (Wildman–Crippen MR) is 125 cm³/mol. The van der Waals surface area contributed by atoms with Gasteiger partial charge in [0.15, 0.2) is 0 Å². The Hall–Kier alpha value is -3.31. The van der Waals surface area contributed by atoms with Gasteiger partial charge in [-0.1, -0.05) is 35.9 Å². The number of nitrogens with zero attached hydrogens (tertiary/aromatic N) is 1. The number of aromatic nitrogens is 2. The second-order valence-electron chi connectivity index (χ2n) is 8.68. The maximum Gasteiger partial charge on any atom is 0.417 e. The van der Waals surface area contributed by atoms with Gasteiger partial charge in [-0.3, -0.25) is 9.59 Å². The van der Waals surface area contributed by atoms with E-state index in [1.807, 2.05) is 17.1 Å². The lowest BCUT2D eigenvalue weighted by atomic mass is 9.81. The first-order valence-corrected chi connectivity index (χ1v) is 11.6. The quantitative estimate of drug-likeness (QED) is 0.397. The first-order valence-electron chi connectivity index (χ1n) is 11.2. The molecule has 0 atom stereocenters. The Morgan fingerprint density at radius 3 is 2.49 bits per heavy atom. The van der Waals surface area contributed by atoms with Crippen molar-refractivity contribution >= 4 is 17.5 Å². The smallest absolute Gasteiger partial charge is 0.373 e. The summed E-state index contributed by atoms with van der Waals surface area (Å²) in [6.45, 7) is 0.965. The fraction of sp³-hybridized carbons (Fsp3) is 0.320. The molecular formula is C25H21ClF5N3O3. The van der Waals surface area contributed by atoms with Gasteiger partial charge in [-0.2, -0.15) is 17.6 Å². The Morgan fingerprint density at radius 1 is 1.14 bits per heavy atom. The molecule has 37 heavy (non-hydrogen) atoms. The van der Waals surface area contributed by atoms with Gasteiger partial charge in [-0.05, 0) is 37.5 Å². The van der Waals surface area contributed by atoms with E-state index in [1.54, 1.807) is 12.1 Å². The molecule has 0 spiro atoms. The highest BCUT2D eigenvalue weighted by atomic mass is 35.5. The zero-order chi connectivity index (χ0) is 26.9. The molecule has 1 saturated carbocycles. The number of hydrogen-bond acceptors (Lipinski definition) is 4. The molecule has 196 valence electrons. The minimum absolute atomic E-state index is 0.161. The van der Waals surface area contributed by atoms with Gasteiger partial charge in [0.05, 0.1) is 29.5 Å². The van der Waals surface area contributed by atoms with Gasteiger partial charge in [0.2, 0.25) is 11.7 Å². The SMILES string of the molecule is Cc1nc(-c2c(C(F)(F)F)ccc(CNC(=O)C3CC(OCc4ccccc4Cl)C3)c2F)[nH]c(=O)c1F. The monoisotopic (exact) mass is 541 g/mol. The molecule has 1 aromatic heterocycles. The number of carbonyl (C=O) groups is 1. The molecule has 1 heterocycles. The molecule has 0 radical (unpaired) electrons. The van der Waals surface area contributed by atoms with Crippen molar-refractivity contribution in [3.63, 3.8) is 0 Å². The van der Waals surface area contributed by atoms with E-state index in [0.29, 0.717) is 23.9 Å². The van der Waals surface area contributed by atoms with E-state index in [1.165, 1.54) is 0 Å². The minimum atomic E-state index is -4.98. The molecule has 2 N–H and O–H groups in total. The highest BCUT2D eigenvalue weighted by molar-refractivity contribution is 6.31. The van der Waals surface area contributed by atoms with Crippen LogP contribution in [0.5, 0.6) is 0 Å². The standard InChI is InChI=1S/C25H21ClF5N3O3/c1-12-20(27)24(36)34-22(33-12)19-17(25(29,30)31)7-6-13(21(19)28)10-32-23(35)15-8-16(9-15)37-11-14-4-2-3-5-18(14)26/h2-7,15-16H,8-11H2,1H3,(H,32,35)(H,33,34,36). The largest absolute Gasteiger partial charge is 0.417 e. The second kappa shape index (κ2) is 10.6. The molecule has 0 saturated heterocycles. The van der Waals surface area contributed by atoms with Crippen LogP contribution in [0.4, 0.5) is 22.0 Å². The van der Waals surface area contributed by atoms with Gasteiger partial charge >= 0.3 is 6.18 Å². The number of rotatable bonds is 7. The fourth-order valence-corrected chi connectivity index (χ4v) is 4.17. The van der Waals surface area contributed by atoms with Crippen LogP contribution in [0.15, 0.2) is 41.2 Å². The number of nitrogens with one attached hydrogen (secondary N) is 2. The van der Waals surface area contributed by atoms with Crippen LogP contribution >= 0.6 is 11.6 Å². The number of ether oxygens (including phenoxy) is 1. The number of amides is 1. The van der Waals surface area contributed by atoms with E-state index in [0.717, 1.165) is 18.6 Å². The van der Waals surface area contributed by atoms with Gasteiger partial charge in [-0.25, -0.2) is 9.37 Å². The number of aromatic amines is 1. The van der Waals surface area contributed by atoms with Gasteiger partial charge < -0.3 is 15.0 Å². The van der Waals surface area contributed by atoms with Gasteiger partial charge in [0, 0.05) is 23.0 Å². The van der Waals surface area contributed by atoms with Crippen LogP contribution in [0, 0.1) is 24.5 Å². The van der Waals surface area contributed by atoms with Crippen LogP contribution in [-0.4, -0.2) is 22.0 Å². The van der Waals surface area contributed by atoms with Crippen LogP contribution in [0.1, 0.15) is 35.2 Å². The number of carbonyl (C=O) groups excluding carboxylic acids is 1. The van der Waals surface area contributed by atoms with Crippen molar-refractivity contribution in [2.45, 2.75) is 45.2 Å². The lowest BCUT2D eigenvalue weighted by Gasteiger charge is -2.34. The average molecular weight is 542 g/mol. The molecule has 0 aliphatic heterocycles. The van der Waals surface area contributed by atoms with Crippen LogP contribution in [0.2, 0.25) is 5.02 Å². The van der Waals surface area contributed by atoms with E-state index in [-0.39, 0.29) is 18.3 Å². The van der Waals surface area contributed by atoms with Crippen molar-refractivity contribution in [3.8, 4) is 11.4 Å². The lowest BCUT2D eigenvalue weighted by Crippen LogP contribution is -2.42. The van der Waals surface area contributed by atoms with Gasteiger partial charge in [0.1, 0.15) is 11.6 Å². The summed E-state index contributed by atoms with van der Waals surface area (Å²) in [5.41, 5.74) is -3.68. The lowest BCUT2D eigenvalue weighted by molar-refractivity contribution is -0.137. The third-order valence-electron chi connectivity index (χ3n) is 6.14. The normalized spacial score (nSPS) is 17.4. The zero-order valence-electron chi connectivity index (χ0n) is 19.4. The summed E-state index contributed by atoms with van der Waals surface area (Å²) >= 11 is 6.09. The highest BCUT2D eigenvalue weighted by Gasteiger charge is 2.38. The van der Waals surface area contributed by atoms with Crippen molar-refractivity contribution in [1.82, 2.24) is 15.3 Å². The highest BCUT2D eigenvalue weighted by Crippen LogP contribution is 2.38. The molecule has 0 unspecified atom stereocenters. The molecule has 1 fully saturated rings. The van der Waals surface area contributed by atoms with Crippen molar-refractivity contribution in [3.05, 3.63) is 85.8 Å². The number of alkyl halides is 3. The maximum absolute atomic E-state index is 15.3. The van der Waals surface area contributed by atoms with Crippen molar-refractivity contribution in [2.24, 2.45) is 5.92 Å². The summed E-state index contributed by atoms with van der Waals surface area (Å²) in [6.07, 6.45) is -4.29. The first kappa shape index (κ1) is 26.7. The Morgan fingerprint density at radius 2 is 1.84 bits per heavy atom. The fourth-order valence-electron chi connectivity index (χ4n) is 3.98. The van der Waals surface area contributed by atoms with E-state index in [2.05, 4.69) is 10.3 Å². The van der Waals surface area contributed by atoms with Gasteiger partial charge in [-0.15, -0.1) is 0 Å². The number of benzene rings is 2. The summed E-state index contributed by atoms with van der Waals surface area (Å²) in [7, 11) is 0. The topological polar surface area (TPSA) is 84.1 Å². The van der Waals surface area contributed by atoms with Crippen LogP contribution in [0.25, 0.3) is 11.4 Å². The Labute approximate surface area is 212 Å². The third kappa shape index (κ3) is 5.83. The number of aryl methyl sites for hydroxylation is 1. The van der Waals surface area contributed by atoms with E-state index < -0.39 is 64.4 Å². The predicted octanol–water partition coefficient (Wildman–Crippen LogP) is 5.31. The summed E-state index contributed by atoms with van der Waals surface area (Å²) in [5, 5.41) is 3.10. The number of halogens is 6. The third-order valence-corrected chi connectivity index (χ3v) is 6.51. The molecule has 12 heteroatoms. The molecular weight excluding hydrogens is 521 g/mol. The molecule has 2 aromatic carbocycles. The van der Waals surface area contributed by atoms with Crippen molar-refractivity contribution in [1.29, 1.82) is 0 Å².